The Morgan fingerprint density at radius 3 is 2.88 bits per heavy atom. The molecule has 1 aliphatic carbocycles. The van der Waals surface area contributed by atoms with E-state index in [0.29, 0.717) is 11.7 Å². The Morgan fingerprint density at radius 2 is 2.29 bits per heavy atom. The van der Waals surface area contributed by atoms with Gasteiger partial charge in [0.05, 0.1) is 0 Å². The maximum atomic E-state index is 12.1. The van der Waals surface area contributed by atoms with Crippen molar-refractivity contribution in [3.05, 3.63) is 18.3 Å². The lowest BCUT2D eigenvalue weighted by Gasteiger charge is -2.09. The summed E-state index contributed by atoms with van der Waals surface area (Å²) in [5.74, 6) is 0.869. The van der Waals surface area contributed by atoms with Gasteiger partial charge < -0.3 is 5.32 Å². The van der Waals surface area contributed by atoms with Crippen LogP contribution in [0.2, 0.25) is 0 Å². The smallest absolute Gasteiger partial charge is 0.244 e. The normalized spacial score (nSPS) is 23.4. The van der Waals surface area contributed by atoms with Crippen LogP contribution in [0.5, 0.6) is 0 Å². The van der Waals surface area contributed by atoms with Crippen LogP contribution in [0.4, 0.5) is 5.82 Å². The van der Waals surface area contributed by atoms with Crippen molar-refractivity contribution in [3.63, 3.8) is 0 Å². The Labute approximate surface area is 102 Å². The molecule has 1 saturated carbocycles. The molecule has 1 fully saturated rings. The maximum Gasteiger partial charge on any atom is 0.244 e. The first-order valence-corrected chi connectivity index (χ1v) is 7.22. The molecular weight excluding hydrogens is 238 g/mol. The van der Waals surface area contributed by atoms with E-state index >= 15 is 0 Å². The molecule has 0 amide bonds. The van der Waals surface area contributed by atoms with Gasteiger partial charge >= 0.3 is 0 Å². The van der Waals surface area contributed by atoms with Crippen LogP contribution in [0, 0.1) is 5.92 Å². The fraction of sp³-hybridized carbons (Fsp3) is 0.545. The van der Waals surface area contributed by atoms with Crippen molar-refractivity contribution in [2.45, 2.75) is 30.7 Å². The van der Waals surface area contributed by atoms with Gasteiger partial charge in [-0.15, -0.1) is 0 Å². The molecule has 6 heteroatoms. The van der Waals surface area contributed by atoms with Crippen LogP contribution in [0.25, 0.3) is 0 Å². The number of rotatable bonds is 5. The number of anilines is 1. The van der Waals surface area contributed by atoms with Gasteiger partial charge in [0.2, 0.25) is 10.0 Å². The highest BCUT2D eigenvalue weighted by atomic mass is 32.2. The largest absolute Gasteiger partial charge is 0.372 e. The van der Waals surface area contributed by atoms with E-state index in [-0.39, 0.29) is 10.9 Å². The lowest BCUT2D eigenvalue weighted by Crippen LogP contribution is -2.27. The molecule has 17 heavy (non-hydrogen) atoms. The summed E-state index contributed by atoms with van der Waals surface area (Å²) in [6, 6.07) is 3.28. The summed E-state index contributed by atoms with van der Waals surface area (Å²) >= 11 is 0. The first-order chi connectivity index (χ1) is 8.08. The first kappa shape index (κ1) is 12.3. The first-order valence-electron chi connectivity index (χ1n) is 5.73. The van der Waals surface area contributed by atoms with Gasteiger partial charge in [0, 0.05) is 19.3 Å². The summed E-state index contributed by atoms with van der Waals surface area (Å²) in [5.41, 5.74) is 0. The number of pyridine rings is 1. The van der Waals surface area contributed by atoms with Crippen molar-refractivity contribution in [1.29, 1.82) is 0 Å². The summed E-state index contributed by atoms with van der Waals surface area (Å²) in [6.07, 6.45) is 3.51. The van der Waals surface area contributed by atoms with E-state index in [1.165, 1.54) is 0 Å². The van der Waals surface area contributed by atoms with Crippen LogP contribution >= 0.6 is 0 Å². The Kier molecular flexibility index (Phi) is 3.35. The van der Waals surface area contributed by atoms with Crippen molar-refractivity contribution in [1.82, 2.24) is 9.71 Å². The Bertz CT molecular complexity index is 501. The minimum Gasteiger partial charge on any atom is -0.372 e. The predicted molar refractivity (Wildman–Crippen MR) is 66.3 cm³/mol. The maximum absolute atomic E-state index is 12.1. The Morgan fingerprint density at radius 1 is 1.53 bits per heavy atom. The molecule has 0 bridgehead atoms. The van der Waals surface area contributed by atoms with Crippen molar-refractivity contribution >= 4 is 15.8 Å². The minimum atomic E-state index is -3.46. The van der Waals surface area contributed by atoms with E-state index in [1.54, 1.807) is 25.4 Å². The van der Waals surface area contributed by atoms with E-state index < -0.39 is 10.0 Å². The van der Waals surface area contributed by atoms with Crippen LogP contribution in [0.15, 0.2) is 23.2 Å². The van der Waals surface area contributed by atoms with Crippen LogP contribution in [-0.4, -0.2) is 26.5 Å². The second-order valence-electron chi connectivity index (χ2n) is 4.23. The average Bonchev–Trinajstić information content (AvgIpc) is 3.06. The number of nitrogens with one attached hydrogen (secondary N) is 2. The zero-order valence-electron chi connectivity index (χ0n) is 9.97. The molecule has 2 atom stereocenters. The lowest BCUT2D eigenvalue weighted by atomic mass is 10.3. The van der Waals surface area contributed by atoms with Crippen LogP contribution in [-0.2, 0) is 10.0 Å². The summed E-state index contributed by atoms with van der Waals surface area (Å²) in [5, 5.41) is 2.79. The molecule has 0 aromatic carbocycles. The molecule has 1 heterocycles. The molecule has 2 unspecified atom stereocenters. The quantitative estimate of drug-likeness (QED) is 0.829. The fourth-order valence-electron chi connectivity index (χ4n) is 1.90. The van der Waals surface area contributed by atoms with Crippen LogP contribution in [0.3, 0.4) is 0 Å². The minimum absolute atomic E-state index is 0.0925. The molecule has 5 nitrogen and oxygen atoms in total. The number of nitrogens with zero attached hydrogens (tertiary/aromatic N) is 1. The molecule has 0 aliphatic heterocycles. The average molecular weight is 255 g/mol. The number of hydrogen-bond acceptors (Lipinski definition) is 4. The summed E-state index contributed by atoms with van der Waals surface area (Å²) in [7, 11) is -1.80. The van der Waals surface area contributed by atoms with Gasteiger partial charge in [0.15, 0.2) is 0 Å². The standard InChI is InChI=1S/C11H17N3O2S/c1-3-8-7-9(8)14-17(15,16)10-5-4-6-13-11(10)12-2/h4-6,8-9,14H,3,7H2,1-2H3,(H,12,13). The highest BCUT2D eigenvalue weighted by molar-refractivity contribution is 7.89. The van der Waals surface area contributed by atoms with E-state index in [2.05, 4.69) is 21.9 Å². The highest BCUT2D eigenvalue weighted by Gasteiger charge is 2.39. The van der Waals surface area contributed by atoms with Gasteiger partial charge in [0.25, 0.3) is 0 Å². The third-order valence-electron chi connectivity index (χ3n) is 3.05. The molecule has 2 N–H and O–H groups in total. The van der Waals surface area contributed by atoms with E-state index in [9.17, 15) is 8.42 Å². The molecular formula is C11H17N3O2S. The van der Waals surface area contributed by atoms with E-state index in [1.807, 2.05) is 0 Å². The molecule has 94 valence electrons. The number of sulfonamides is 1. The predicted octanol–water partition coefficient (Wildman–Crippen LogP) is 1.20. The molecule has 0 saturated heterocycles. The highest BCUT2D eigenvalue weighted by Crippen LogP contribution is 2.34. The number of hydrogen-bond donors (Lipinski definition) is 2. The number of aromatic nitrogens is 1. The molecule has 1 aromatic rings. The third kappa shape index (κ3) is 2.58. The summed E-state index contributed by atoms with van der Waals surface area (Å²) in [4.78, 5) is 4.21. The molecule has 2 rings (SSSR count). The molecule has 0 spiro atoms. The van der Waals surface area contributed by atoms with Gasteiger partial charge in [-0.05, 0) is 24.5 Å². The zero-order chi connectivity index (χ0) is 12.5. The van der Waals surface area contributed by atoms with Crippen molar-refractivity contribution in [2.24, 2.45) is 5.92 Å². The second kappa shape index (κ2) is 4.62. The van der Waals surface area contributed by atoms with E-state index in [0.717, 1.165) is 12.8 Å². The van der Waals surface area contributed by atoms with Gasteiger partial charge in [-0.25, -0.2) is 18.1 Å². The second-order valence-corrected chi connectivity index (χ2v) is 5.91. The van der Waals surface area contributed by atoms with Gasteiger partial charge in [-0.3, -0.25) is 0 Å². The van der Waals surface area contributed by atoms with Crippen molar-refractivity contribution in [3.8, 4) is 0 Å². The molecule has 1 aromatic heterocycles. The van der Waals surface area contributed by atoms with Crippen LogP contribution in [0.1, 0.15) is 19.8 Å². The van der Waals surface area contributed by atoms with Crippen LogP contribution < -0.4 is 10.0 Å². The summed E-state index contributed by atoms with van der Waals surface area (Å²) < 4.78 is 27.0. The lowest BCUT2D eigenvalue weighted by molar-refractivity contribution is 0.576. The Balaban J connectivity index is 2.20. The fourth-order valence-corrected chi connectivity index (χ4v) is 3.38. The van der Waals surface area contributed by atoms with E-state index in [4.69, 9.17) is 0 Å². The Hall–Kier alpha value is -1.14. The van der Waals surface area contributed by atoms with Crippen molar-refractivity contribution in [2.75, 3.05) is 12.4 Å². The third-order valence-corrected chi connectivity index (χ3v) is 4.57. The summed E-state index contributed by atoms with van der Waals surface area (Å²) in [6.45, 7) is 2.07. The van der Waals surface area contributed by atoms with Gasteiger partial charge in [-0.2, -0.15) is 0 Å². The molecule has 1 aliphatic rings. The topological polar surface area (TPSA) is 71.1 Å². The van der Waals surface area contributed by atoms with Crippen molar-refractivity contribution < 1.29 is 8.42 Å². The SMILES string of the molecule is CCC1CC1NS(=O)(=O)c1cccnc1NC. The zero-order valence-corrected chi connectivity index (χ0v) is 10.8. The van der Waals surface area contributed by atoms with Gasteiger partial charge in [0.1, 0.15) is 10.7 Å². The van der Waals surface area contributed by atoms with Gasteiger partial charge in [-0.1, -0.05) is 13.3 Å². The monoisotopic (exact) mass is 255 g/mol. The molecule has 0 radical (unpaired) electrons.